The van der Waals surface area contributed by atoms with Crippen LogP contribution in [0.3, 0.4) is 0 Å². The number of hydrogen-bond donors (Lipinski definition) is 0. The molecule has 0 aromatic heterocycles. The van der Waals surface area contributed by atoms with Crippen molar-refractivity contribution in [2.45, 2.75) is 17.9 Å². The second kappa shape index (κ2) is 16.1. The summed E-state index contributed by atoms with van der Waals surface area (Å²) in [5.41, 5.74) is 29.0. The van der Waals surface area contributed by atoms with E-state index in [-0.39, 0.29) is 24.6 Å². The molecule has 6 aliphatic rings. The molecular weight excluding hydrogens is 896 g/mol. The van der Waals surface area contributed by atoms with Crippen LogP contribution in [-0.2, 0) is 0 Å². The maximum Gasteiger partial charge on any atom is 0.252 e. The smallest absolute Gasteiger partial charge is 0.252 e. The van der Waals surface area contributed by atoms with Crippen LogP contribution in [0.2, 0.25) is 0 Å². The summed E-state index contributed by atoms with van der Waals surface area (Å²) in [6, 6.07) is 97.0. The van der Waals surface area contributed by atoms with E-state index in [1.807, 2.05) is 0 Å². The first-order valence-electron chi connectivity index (χ1n) is 25.9. The van der Waals surface area contributed by atoms with Crippen LogP contribution in [0.4, 0.5) is 45.5 Å². The Kier molecular flexibility index (Phi) is 8.99. The molecule has 3 aliphatic carbocycles. The summed E-state index contributed by atoms with van der Waals surface area (Å²) in [7, 11) is 0. The zero-order valence-corrected chi connectivity index (χ0v) is 40.4. The Morgan fingerprint density at radius 1 is 0.365 bits per heavy atom. The molecule has 0 spiro atoms. The number of rotatable bonds is 6. The van der Waals surface area contributed by atoms with Gasteiger partial charge in [0.1, 0.15) is 5.69 Å². The standard InChI is InChI=1S/C69H46BN4/c1-4-21-44(22-5-1)69-54-31-12-15-38-59(54)71-74(69)49-28-18-23-45(41-49)50-32-19-34-55-64(50)66-52-29-10-11-30-53(52)67(55)65-51(33-20-35-56(65)66)46-42-62-68-63(43-46)73(48-26-8-3-9-27-48)61-40-17-14-37-58(61)70(68)57-36-13-16-39-60(57)72(62)47-24-6-2-7-25-47/h1-43,66-67,69H/q+1. The normalized spacial score (nSPS) is 16.8. The number of azo groups is 2. The van der Waals surface area contributed by atoms with E-state index >= 15 is 0 Å². The molecule has 74 heavy (non-hydrogen) atoms. The van der Waals surface area contributed by atoms with E-state index in [1.54, 1.807) is 0 Å². The molecule has 3 heterocycles. The van der Waals surface area contributed by atoms with Gasteiger partial charge in [-0.05, 0) is 133 Å². The number of nitrogens with zero attached hydrogens (tertiary/aromatic N) is 4. The summed E-state index contributed by atoms with van der Waals surface area (Å²) < 4.78 is 2.23. The maximum atomic E-state index is 5.28. The van der Waals surface area contributed by atoms with Gasteiger partial charge < -0.3 is 9.80 Å². The van der Waals surface area contributed by atoms with Crippen molar-refractivity contribution in [1.82, 2.24) is 0 Å². The van der Waals surface area contributed by atoms with Gasteiger partial charge in [-0.1, -0.05) is 193 Å². The molecule has 0 amide bonds. The number of anilines is 6. The molecule has 3 aliphatic heterocycles. The highest BCUT2D eigenvalue weighted by Crippen LogP contribution is 2.60. The fourth-order valence-electron chi connectivity index (χ4n) is 13.7. The molecule has 3 unspecified atom stereocenters. The van der Waals surface area contributed by atoms with Gasteiger partial charge in [0.15, 0.2) is 0 Å². The number of hydrogen-bond acceptors (Lipinski definition) is 3. The van der Waals surface area contributed by atoms with E-state index in [2.05, 4.69) is 275 Å². The third-order valence-electron chi connectivity index (χ3n) is 16.5. The van der Waals surface area contributed by atoms with Gasteiger partial charge in [0, 0.05) is 68.8 Å². The minimum atomic E-state index is -0.0198. The van der Waals surface area contributed by atoms with Gasteiger partial charge in [0.2, 0.25) is 11.7 Å². The lowest BCUT2D eigenvalue weighted by Gasteiger charge is -2.45. The summed E-state index contributed by atoms with van der Waals surface area (Å²) in [5, 5.41) is 5.28. The van der Waals surface area contributed by atoms with Crippen LogP contribution in [0.5, 0.6) is 0 Å². The topological polar surface area (TPSA) is 21.9 Å². The van der Waals surface area contributed by atoms with E-state index < -0.39 is 0 Å². The van der Waals surface area contributed by atoms with Crippen molar-refractivity contribution in [1.29, 1.82) is 0 Å². The Bertz CT molecular complexity index is 4020. The lowest BCUT2D eigenvalue weighted by atomic mass is 9.33. The van der Waals surface area contributed by atoms with Crippen molar-refractivity contribution in [3.8, 4) is 22.3 Å². The molecule has 0 N–H and O–H groups in total. The molecule has 0 saturated heterocycles. The Morgan fingerprint density at radius 3 is 1.43 bits per heavy atom. The van der Waals surface area contributed by atoms with Crippen molar-refractivity contribution < 1.29 is 4.70 Å². The second-order valence-corrected chi connectivity index (χ2v) is 20.3. The molecular formula is C69H46BN4+. The fourth-order valence-corrected chi connectivity index (χ4v) is 13.7. The average molecular weight is 942 g/mol. The Labute approximate surface area is 431 Å². The second-order valence-electron chi connectivity index (χ2n) is 20.3. The summed E-state index contributed by atoms with van der Waals surface area (Å²) in [6.45, 7) is 0.0523. The van der Waals surface area contributed by atoms with Crippen molar-refractivity contribution in [2.75, 3.05) is 9.80 Å². The van der Waals surface area contributed by atoms with Gasteiger partial charge >= 0.3 is 0 Å². The minimum Gasteiger partial charge on any atom is -0.311 e. The van der Waals surface area contributed by atoms with Crippen molar-refractivity contribution in [3.05, 3.63) is 305 Å². The Hall–Kier alpha value is -9.32. The van der Waals surface area contributed by atoms with Gasteiger partial charge in [-0.15, -0.1) is 0 Å². The van der Waals surface area contributed by atoms with E-state index in [4.69, 9.17) is 5.11 Å². The van der Waals surface area contributed by atoms with Gasteiger partial charge in [-0.3, -0.25) is 0 Å². The average Bonchev–Trinajstić information content (AvgIpc) is 3.97. The highest BCUT2D eigenvalue weighted by Gasteiger charge is 2.47. The first-order valence-corrected chi connectivity index (χ1v) is 25.9. The SMILES string of the molecule is c1ccc(C2c3ccccc3N=[N+]2c2cccc(-c3cccc4c3C3c5ccccc5C4c4c(-c5cc6c7c(c5)N(c5ccccc5)c5ccccc5B7c5ccccc5N6c5ccccc5)cccc43)c2)cc1. The minimum absolute atomic E-state index is 0.0198. The van der Waals surface area contributed by atoms with E-state index in [0.29, 0.717) is 0 Å². The zero-order chi connectivity index (χ0) is 48.4. The molecule has 0 radical (unpaired) electrons. The van der Waals surface area contributed by atoms with E-state index in [9.17, 15) is 0 Å². The Morgan fingerprint density at radius 2 is 0.838 bits per heavy atom. The van der Waals surface area contributed by atoms with Crippen LogP contribution in [-0.4, -0.2) is 11.4 Å². The first kappa shape index (κ1) is 41.3. The highest BCUT2D eigenvalue weighted by molar-refractivity contribution is 7.00. The first-order chi connectivity index (χ1) is 36.8. The molecule has 0 fully saturated rings. The third-order valence-corrected chi connectivity index (χ3v) is 16.5. The largest absolute Gasteiger partial charge is 0.311 e. The van der Waals surface area contributed by atoms with Gasteiger partial charge in [-0.2, -0.15) is 0 Å². The zero-order valence-electron chi connectivity index (χ0n) is 40.4. The van der Waals surface area contributed by atoms with Crippen LogP contribution in [0.15, 0.2) is 266 Å². The molecule has 11 aromatic rings. The summed E-state index contributed by atoms with van der Waals surface area (Å²) in [5.74, 6) is 0.0719. The maximum absolute atomic E-state index is 5.28. The predicted octanol–water partition coefficient (Wildman–Crippen LogP) is 15.6. The number of benzene rings is 11. The van der Waals surface area contributed by atoms with Crippen LogP contribution in [0.25, 0.3) is 22.3 Å². The highest BCUT2D eigenvalue weighted by atomic mass is 15.3. The quantitative estimate of drug-likeness (QED) is 0.122. The molecule has 344 valence electrons. The lowest BCUT2D eigenvalue weighted by Crippen LogP contribution is -2.61. The number of fused-ring (bicyclic) bond motifs is 5. The van der Waals surface area contributed by atoms with Crippen LogP contribution in [0, 0.1) is 0 Å². The molecule has 4 nitrogen and oxygen atoms in total. The van der Waals surface area contributed by atoms with Crippen LogP contribution >= 0.6 is 0 Å². The number of para-hydroxylation sites is 4. The van der Waals surface area contributed by atoms with Crippen molar-refractivity contribution in [3.63, 3.8) is 0 Å². The molecule has 2 bridgehead atoms. The fraction of sp³-hybridized carbons (Fsp3) is 0.0435. The predicted molar refractivity (Wildman–Crippen MR) is 303 cm³/mol. The van der Waals surface area contributed by atoms with E-state index in [0.717, 1.165) is 22.7 Å². The van der Waals surface area contributed by atoms with Crippen LogP contribution < -0.4 is 26.2 Å². The lowest BCUT2D eigenvalue weighted by molar-refractivity contribution is -0.536. The summed E-state index contributed by atoms with van der Waals surface area (Å²) >= 11 is 0. The molecule has 5 heteroatoms. The molecule has 11 aromatic carbocycles. The molecule has 3 atom stereocenters. The van der Waals surface area contributed by atoms with Gasteiger partial charge in [-0.25, -0.2) is 0 Å². The summed E-state index contributed by atoms with van der Waals surface area (Å²) in [6.07, 6.45) is 0. The monoisotopic (exact) mass is 941 g/mol. The molecule has 0 saturated carbocycles. The van der Waals surface area contributed by atoms with Gasteiger partial charge in [0.25, 0.3) is 6.71 Å². The van der Waals surface area contributed by atoms with Gasteiger partial charge in [0.05, 0.1) is 5.56 Å². The van der Waals surface area contributed by atoms with Crippen molar-refractivity contribution >= 4 is 68.6 Å². The third kappa shape index (κ3) is 5.92. The van der Waals surface area contributed by atoms with Crippen molar-refractivity contribution in [2.24, 2.45) is 5.11 Å². The van der Waals surface area contributed by atoms with Crippen LogP contribution in [0.1, 0.15) is 62.4 Å². The Balaban J connectivity index is 0.901. The molecule has 17 rings (SSSR count). The van der Waals surface area contributed by atoms with E-state index in [1.165, 1.54) is 106 Å². The summed E-state index contributed by atoms with van der Waals surface area (Å²) in [4.78, 5) is 5.04.